The van der Waals surface area contributed by atoms with E-state index in [-0.39, 0.29) is 0 Å². The lowest BCUT2D eigenvalue weighted by molar-refractivity contribution is 0.285. The second kappa shape index (κ2) is 5.85. The number of nitrogens with zero attached hydrogens (tertiary/aromatic N) is 3. The van der Waals surface area contributed by atoms with Gasteiger partial charge < -0.3 is 14.2 Å². The van der Waals surface area contributed by atoms with Crippen LogP contribution in [0.4, 0.5) is 0 Å². The summed E-state index contributed by atoms with van der Waals surface area (Å²) >= 11 is 0. The van der Waals surface area contributed by atoms with E-state index in [9.17, 15) is 0 Å². The van der Waals surface area contributed by atoms with E-state index in [4.69, 9.17) is 14.2 Å². The Bertz CT molecular complexity index is 487. The normalized spacial score (nSPS) is 10.1. The van der Waals surface area contributed by atoms with E-state index in [1.807, 2.05) is 18.2 Å². The summed E-state index contributed by atoms with van der Waals surface area (Å²) in [5, 5.41) is 13.5. The Morgan fingerprint density at radius 1 is 1.17 bits per heavy atom. The predicted octanol–water partition coefficient (Wildman–Crippen LogP) is 0.838. The number of hydrogen-bond acceptors (Lipinski definition) is 6. The molecule has 18 heavy (non-hydrogen) atoms. The minimum Gasteiger partial charge on any atom is -0.493 e. The van der Waals surface area contributed by atoms with Crippen molar-refractivity contribution in [2.75, 3.05) is 20.8 Å². The summed E-state index contributed by atoms with van der Waals surface area (Å²) in [5.41, 5.74) is 0. The quantitative estimate of drug-likeness (QED) is 0.818. The Morgan fingerprint density at radius 3 is 2.67 bits per heavy atom. The van der Waals surface area contributed by atoms with Gasteiger partial charge in [0.25, 0.3) is 0 Å². The van der Waals surface area contributed by atoms with Crippen molar-refractivity contribution >= 4 is 0 Å². The highest BCUT2D eigenvalue weighted by Gasteiger charge is 2.10. The van der Waals surface area contributed by atoms with Crippen molar-refractivity contribution < 1.29 is 14.2 Å². The maximum absolute atomic E-state index is 5.62. The highest BCUT2D eigenvalue weighted by molar-refractivity contribution is 5.50. The summed E-state index contributed by atoms with van der Waals surface area (Å²) in [7, 11) is 3.16. The molecule has 0 atom stereocenters. The molecular formula is C11H14N4O3. The fraction of sp³-hybridized carbons (Fsp3) is 0.364. The van der Waals surface area contributed by atoms with Gasteiger partial charge in [0.1, 0.15) is 0 Å². The highest BCUT2D eigenvalue weighted by atomic mass is 16.5. The van der Waals surface area contributed by atoms with Gasteiger partial charge in [-0.05, 0) is 12.1 Å². The van der Waals surface area contributed by atoms with E-state index in [2.05, 4.69) is 20.6 Å². The molecule has 0 bridgehead atoms. The molecule has 0 saturated heterocycles. The Morgan fingerprint density at radius 2 is 2.00 bits per heavy atom. The number of tetrazole rings is 1. The third-order valence-corrected chi connectivity index (χ3v) is 2.34. The molecule has 2 rings (SSSR count). The van der Waals surface area contributed by atoms with Gasteiger partial charge in [-0.2, -0.15) is 5.21 Å². The lowest BCUT2D eigenvalue weighted by Gasteiger charge is -2.12. The minimum absolute atomic E-state index is 0.434. The standard InChI is InChI=1S/C11H14N4O3/c1-16-8-4-3-5-9(11(8)17-2)18-7-6-10-12-14-15-13-10/h3-5H,6-7H2,1-2H3,(H,12,13,14,15). The maximum Gasteiger partial charge on any atom is 0.203 e. The number of H-pyrrole nitrogens is 1. The van der Waals surface area contributed by atoms with Gasteiger partial charge in [-0.25, -0.2) is 0 Å². The minimum atomic E-state index is 0.434. The first-order chi connectivity index (χ1) is 8.85. The molecule has 0 aliphatic rings. The topological polar surface area (TPSA) is 82.2 Å². The van der Waals surface area contributed by atoms with Gasteiger partial charge in [0.2, 0.25) is 5.75 Å². The molecule has 1 heterocycles. The number of aromatic amines is 1. The van der Waals surface area contributed by atoms with E-state index in [0.717, 1.165) is 0 Å². The van der Waals surface area contributed by atoms with Crippen LogP contribution < -0.4 is 14.2 Å². The molecule has 0 unspecified atom stereocenters. The molecule has 0 saturated carbocycles. The van der Waals surface area contributed by atoms with Crippen molar-refractivity contribution in [3.63, 3.8) is 0 Å². The number of hydrogen-bond donors (Lipinski definition) is 1. The molecule has 0 amide bonds. The monoisotopic (exact) mass is 250 g/mol. The summed E-state index contributed by atoms with van der Waals surface area (Å²) in [6.45, 7) is 0.434. The second-order valence-electron chi connectivity index (χ2n) is 3.42. The van der Waals surface area contributed by atoms with E-state index >= 15 is 0 Å². The first-order valence-corrected chi connectivity index (χ1v) is 5.41. The zero-order valence-electron chi connectivity index (χ0n) is 10.2. The fourth-order valence-electron chi connectivity index (χ4n) is 1.51. The number of para-hydroxylation sites is 1. The predicted molar refractivity (Wildman–Crippen MR) is 62.9 cm³/mol. The van der Waals surface area contributed by atoms with Crippen LogP contribution in [-0.2, 0) is 6.42 Å². The lowest BCUT2D eigenvalue weighted by Crippen LogP contribution is -2.04. The smallest absolute Gasteiger partial charge is 0.203 e. The Kier molecular flexibility index (Phi) is 3.95. The van der Waals surface area contributed by atoms with Crippen LogP contribution in [0.3, 0.4) is 0 Å². The number of methoxy groups -OCH3 is 2. The van der Waals surface area contributed by atoms with Crippen LogP contribution in [0.1, 0.15) is 5.82 Å². The molecule has 1 aromatic heterocycles. The zero-order valence-corrected chi connectivity index (χ0v) is 10.2. The zero-order chi connectivity index (χ0) is 12.8. The maximum atomic E-state index is 5.62. The molecule has 7 heteroatoms. The van der Waals surface area contributed by atoms with Gasteiger partial charge in [-0.1, -0.05) is 11.3 Å². The van der Waals surface area contributed by atoms with E-state index in [1.54, 1.807) is 14.2 Å². The second-order valence-corrected chi connectivity index (χ2v) is 3.42. The van der Waals surface area contributed by atoms with Crippen LogP contribution in [0.25, 0.3) is 0 Å². The fourth-order valence-corrected chi connectivity index (χ4v) is 1.51. The molecule has 0 radical (unpaired) electrons. The van der Waals surface area contributed by atoms with Crippen LogP contribution in [0, 0.1) is 0 Å². The third-order valence-electron chi connectivity index (χ3n) is 2.34. The third kappa shape index (κ3) is 2.68. The van der Waals surface area contributed by atoms with Crippen LogP contribution >= 0.6 is 0 Å². The van der Waals surface area contributed by atoms with E-state index in [0.29, 0.717) is 36.1 Å². The highest BCUT2D eigenvalue weighted by Crippen LogP contribution is 2.36. The van der Waals surface area contributed by atoms with E-state index < -0.39 is 0 Å². The van der Waals surface area contributed by atoms with Crippen LogP contribution in [0.2, 0.25) is 0 Å². The summed E-state index contributed by atoms with van der Waals surface area (Å²) in [5.74, 6) is 2.44. The average molecular weight is 250 g/mol. The molecular weight excluding hydrogens is 236 g/mol. The van der Waals surface area contributed by atoms with Crippen LogP contribution in [0.5, 0.6) is 17.2 Å². The van der Waals surface area contributed by atoms with Crippen molar-refractivity contribution in [1.82, 2.24) is 20.6 Å². The lowest BCUT2D eigenvalue weighted by atomic mass is 10.3. The van der Waals surface area contributed by atoms with Gasteiger partial charge in [0.15, 0.2) is 17.3 Å². The Hall–Kier alpha value is -2.31. The van der Waals surface area contributed by atoms with E-state index in [1.165, 1.54) is 0 Å². The largest absolute Gasteiger partial charge is 0.493 e. The van der Waals surface area contributed by atoms with Crippen molar-refractivity contribution in [2.24, 2.45) is 0 Å². The Balaban J connectivity index is 2.00. The molecule has 1 N–H and O–H groups in total. The van der Waals surface area contributed by atoms with Gasteiger partial charge in [0.05, 0.1) is 20.8 Å². The molecule has 1 aromatic carbocycles. The Labute approximate surface area is 104 Å². The number of ether oxygens (including phenoxy) is 3. The van der Waals surface area contributed by atoms with Crippen molar-refractivity contribution in [1.29, 1.82) is 0 Å². The molecule has 0 aliphatic carbocycles. The molecule has 7 nitrogen and oxygen atoms in total. The summed E-state index contributed by atoms with van der Waals surface area (Å²) in [6, 6.07) is 5.47. The van der Waals surface area contributed by atoms with Gasteiger partial charge in [0, 0.05) is 6.42 Å². The first kappa shape index (κ1) is 12.2. The van der Waals surface area contributed by atoms with Crippen molar-refractivity contribution in [3.05, 3.63) is 24.0 Å². The van der Waals surface area contributed by atoms with Crippen LogP contribution in [0.15, 0.2) is 18.2 Å². The van der Waals surface area contributed by atoms with Crippen molar-refractivity contribution in [3.8, 4) is 17.2 Å². The summed E-state index contributed by atoms with van der Waals surface area (Å²) in [6.07, 6.45) is 0.566. The first-order valence-electron chi connectivity index (χ1n) is 5.41. The van der Waals surface area contributed by atoms with Crippen molar-refractivity contribution in [2.45, 2.75) is 6.42 Å². The molecule has 0 aliphatic heterocycles. The van der Waals surface area contributed by atoms with Gasteiger partial charge in [-0.15, -0.1) is 10.2 Å². The SMILES string of the molecule is COc1cccc(OCCc2nn[nH]n2)c1OC. The molecule has 0 fully saturated rings. The van der Waals surface area contributed by atoms with Gasteiger partial charge in [-0.3, -0.25) is 0 Å². The molecule has 96 valence electrons. The number of rotatable bonds is 6. The van der Waals surface area contributed by atoms with Crippen LogP contribution in [-0.4, -0.2) is 41.5 Å². The number of aromatic nitrogens is 4. The van der Waals surface area contributed by atoms with Gasteiger partial charge >= 0.3 is 0 Å². The summed E-state index contributed by atoms with van der Waals surface area (Å²) < 4.78 is 16.1. The summed E-state index contributed by atoms with van der Waals surface area (Å²) in [4.78, 5) is 0. The number of nitrogens with one attached hydrogen (secondary N) is 1. The number of benzene rings is 1. The molecule has 0 spiro atoms. The molecule has 2 aromatic rings. The average Bonchev–Trinajstić information content (AvgIpc) is 2.91.